The molecule has 2 aliphatic heterocycles. The molecule has 0 radical (unpaired) electrons. The number of nitrogens with zero attached hydrogens (tertiary/aromatic N) is 4. The molecule has 0 aromatic heterocycles. The Morgan fingerprint density at radius 3 is 2.35 bits per heavy atom. The number of benzene rings is 1. The Hall–Kier alpha value is -2.15. The first-order chi connectivity index (χ1) is 20.5. The number of hydrogen-bond acceptors (Lipinski definition) is 8. The Balaban J connectivity index is 1.93. The van der Waals surface area contributed by atoms with E-state index in [1.807, 2.05) is 4.90 Å². The average molecular weight is 609 g/mol. The van der Waals surface area contributed by atoms with E-state index >= 15 is 0 Å². The van der Waals surface area contributed by atoms with Gasteiger partial charge in [0.1, 0.15) is 24.1 Å². The third-order valence-electron chi connectivity index (χ3n) is 8.53. The van der Waals surface area contributed by atoms with Crippen molar-refractivity contribution in [2.24, 2.45) is 5.92 Å². The van der Waals surface area contributed by atoms with Gasteiger partial charge in [0.05, 0.1) is 18.7 Å². The highest BCUT2D eigenvalue weighted by molar-refractivity contribution is 5.94. The molecular formula is C32H53FN4O6. The van der Waals surface area contributed by atoms with Gasteiger partial charge in [-0.3, -0.25) is 19.4 Å². The van der Waals surface area contributed by atoms with Gasteiger partial charge in [-0.05, 0) is 51.2 Å². The molecule has 244 valence electrons. The van der Waals surface area contributed by atoms with Crippen LogP contribution in [-0.2, 0) is 14.3 Å². The molecule has 2 aliphatic rings. The molecule has 2 N–H and O–H groups in total. The Morgan fingerprint density at radius 2 is 1.72 bits per heavy atom. The van der Waals surface area contributed by atoms with E-state index in [0.717, 1.165) is 26.2 Å². The number of carbonyl (C=O) groups excluding carboxylic acids is 2. The van der Waals surface area contributed by atoms with Gasteiger partial charge in [0.15, 0.2) is 0 Å². The number of carbonyl (C=O) groups is 2. The fraction of sp³-hybridized carbons (Fsp3) is 0.750. The summed E-state index contributed by atoms with van der Waals surface area (Å²) in [5.41, 5.74) is -0.0963. The lowest BCUT2D eigenvalue weighted by Gasteiger charge is -2.41. The predicted molar refractivity (Wildman–Crippen MR) is 163 cm³/mol. The Morgan fingerprint density at radius 1 is 1.02 bits per heavy atom. The number of piperazine rings is 1. The van der Waals surface area contributed by atoms with Gasteiger partial charge in [-0.15, -0.1) is 0 Å². The van der Waals surface area contributed by atoms with E-state index in [9.17, 15) is 24.2 Å². The maximum absolute atomic E-state index is 14.8. The van der Waals surface area contributed by atoms with Gasteiger partial charge < -0.3 is 29.5 Å². The number of halogens is 1. The van der Waals surface area contributed by atoms with Crippen LogP contribution in [0.1, 0.15) is 57.3 Å². The molecule has 0 spiro atoms. The molecule has 4 atom stereocenters. The molecule has 3 rings (SSSR count). The molecule has 0 unspecified atom stereocenters. The van der Waals surface area contributed by atoms with E-state index < -0.39 is 30.0 Å². The van der Waals surface area contributed by atoms with Crippen LogP contribution in [0, 0.1) is 11.7 Å². The molecule has 0 aliphatic carbocycles. The average Bonchev–Trinajstić information content (AvgIpc) is 2.97. The monoisotopic (exact) mass is 608 g/mol. The third kappa shape index (κ3) is 10.5. The molecule has 1 aromatic rings. The molecular weight excluding hydrogens is 555 g/mol. The zero-order valence-electron chi connectivity index (χ0n) is 26.7. The summed E-state index contributed by atoms with van der Waals surface area (Å²) in [5.74, 6) is -0.985. The Bertz CT molecular complexity index is 1010. The zero-order valence-corrected chi connectivity index (χ0v) is 26.7. The molecule has 1 aromatic carbocycles. The van der Waals surface area contributed by atoms with E-state index in [-0.39, 0.29) is 43.1 Å². The standard InChI is InChI=1S/C32H53FN4O6/c1-23(2)18-25-19-36(32(41)26-10-6-7-11-27(26)33)20-29(42-5)31(40)28(38)22-43-17-9-8-12-37(25)30(39)21-34-13-15-35(16-14-34)24(3)4/h6-7,10-11,23-25,28-29,31,38,40H,8-9,12-22H2,1-5H3/t25-,28-,29-,31-/m1/s1. The minimum Gasteiger partial charge on any atom is -0.388 e. The van der Waals surface area contributed by atoms with Crippen molar-refractivity contribution < 1.29 is 33.7 Å². The van der Waals surface area contributed by atoms with Crippen LogP contribution in [0.3, 0.4) is 0 Å². The molecule has 0 saturated carbocycles. The van der Waals surface area contributed by atoms with Gasteiger partial charge in [-0.1, -0.05) is 26.0 Å². The lowest BCUT2D eigenvalue weighted by atomic mass is 9.99. The minimum absolute atomic E-state index is 0.00805. The van der Waals surface area contributed by atoms with Crippen molar-refractivity contribution in [3.8, 4) is 0 Å². The number of methoxy groups -OCH3 is 1. The van der Waals surface area contributed by atoms with Crippen molar-refractivity contribution in [3.05, 3.63) is 35.6 Å². The summed E-state index contributed by atoms with van der Waals surface area (Å²) >= 11 is 0. The topological polar surface area (TPSA) is 106 Å². The van der Waals surface area contributed by atoms with E-state index in [4.69, 9.17) is 9.47 Å². The minimum atomic E-state index is -1.34. The summed E-state index contributed by atoms with van der Waals surface area (Å²) in [6.07, 6.45) is -1.54. The van der Waals surface area contributed by atoms with Gasteiger partial charge in [0, 0.05) is 71.6 Å². The first kappa shape index (κ1) is 35.3. The SMILES string of the molecule is CO[C@@H]1CN(C(=O)c2ccccc2F)C[C@@H](CC(C)C)N(C(=O)CN2CCN(C(C)C)CC2)CCCCOC[C@@H](O)[C@H]1O. The van der Waals surface area contributed by atoms with Crippen molar-refractivity contribution in [2.75, 3.05) is 72.7 Å². The number of aliphatic hydroxyl groups is 2. The summed E-state index contributed by atoms with van der Waals surface area (Å²) in [6.45, 7) is 13.1. The highest BCUT2D eigenvalue weighted by Crippen LogP contribution is 2.21. The van der Waals surface area contributed by atoms with Gasteiger partial charge in [0.25, 0.3) is 5.91 Å². The lowest BCUT2D eigenvalue weighted by Crippen LogP contribution is -2.56. The predicted octanol–water partition coefficient (Wildman–Crippen LogP) is 2.08. The second-order valence-electron chi connectivity index (χ2n) is 12.6. The third-order valence-corrected chi connectivity index (χ3v) is 8.53. The number of hydrogen-bond donors (Lipinski definition) is 2. The molecule has 0 bridgehead atoms. The van der Waals surface area contributed by atoms with E-state index in [0.29, 0.717) is 45.0 Å². The van der Waals surface area contributed by atoms with E-state index in [1.54, 1.807) is 6.07 Å². The van der Waals surface area contributed by atoms with Crippen LogP contribution < -0.4 is 0 Å². The van der Waals surface area contributed by atoms with Crippen molar-refractivity contribution in [1.29, 1.82) is 0 Å². The van der Waals surface area contributed by atoms with Crippen LogP contribution in [0.4, 0.5) is 4.39 Å². The van der Waals surface area contributed by atoms with Gasteiger partial charge in [-0.25, -0.2) is 4.39 Å². The van der Waals surface area contributed by atoms with Crippen molar-refractivity contribution in [3.63, 3.8) is 0 Å². The first-order valence-corrected chi connectivity index (χ1v) is 15.8. The maximum Gasteiger partial charge on any atom is 0.256 e. The van der Waals surface area contributed by atoms with Crippen LogP contribution in [0.2, 0.25) is 0 Å². The van der Waals surface area contributed by atoms with Gasteiger partial charge >= 0.3 is 0 Å². The summed E-state index contributed by atoms with van der Waals surface area (Å²) in [7, 11) is 1.40. The highest BCUT2D eigenvalue weighted by Gasteiger charge is 2.35. The quantitative estimate of drug-likeness (QED) is 0.485. The molecule has 11 heteroatoms. The fourth-order valence-electron chi connectivity index (χ4n) is 5.95. The molecule has 2 saturated heterocycles. The largest absolute Gasteiger partial charge is 0.388 e. The zero-order chi connectivity index (χ0) is 31.5. The maximum atomic E-state index is 14.8. The molecule has 2 heterocycles. The summed E-state index contributed by atoms with van der Waals surface area (Å²) in [4.78, 5) is 35.8. The van der Waals surface area contributed by atoms with Crippen LogP contribution in [0.15, 0.2) is 24.3 Å². The highest BCUT2D eigenvalue weighted by atomic mass is 19.1. The summed E-state index contributed by atoms with van der Waals surface area (Å²) in [6, 6.07) is 5.92. The van der Waals surface area contributed by atoms with Crippen LogP contribution >= 0.6 is 0 Å². The smallest absolute Gasteiger partial charge is 0.256 e. The first-order valence-electron chi connectivity index (χ1n) is 15.8. The van der Waals surface area contributed by atoms with E-state index in [2.05, 4.69) is 37.5 Å². The molecule has 2 fully saturated rings. The number of aliphatic hydroxyl groups excluding tert-OH is 2. The molecule has 43 heavy (non-hydrogen) atoms. The van der Waals surface area contributed by atoms with Crippen LogP contribution in [0.5, 0.6) is 0 Å². The summed E-state index contributed by atoms with van der Waals surface area (Å²) in [5, 5.41) is 21.5. The number of ether oxygens (including phenoxy) is 2. The Kier molecular flexibility index (Phi) is 14.3. The number of amides is 2. The van der Waals surface area contributed by atoms with Crippen molar-refractivity contribution in [1.82, 2.24) is 19.6 Å². The van der Waals surface area contributed by atoms with Crippen molar-refractivity contribution in [2.45, 2.75) is 77.4 Å². The Labute approximate surface area is 256 Å². The van der Waals surface area contributed by atoms with Crippen LogP contribution in [-0.4, -0.2) is 145 Å². The van der Waals surface area contributed by atoms with Gasteiger partial charge in [0.2, 0.25) is 5.91 Å². The number of rotatable bonds is 7. The fourth-order valence-corrected chi connectivity index (χ4v) is 5.95. The van der Waals surface area contributed by atoms with Crippen LogP contribution in [0.25, 0.3) is 0 Å². The van der Waals surface area contributed by atoms with Gasteiger partial charge in [-0.2, -0.15) is 0 Å². The molecule has 10 nitrogen and oxygen atoms in total. The lowest BCUT2D eigenvalue weighted by molar-refractivity contribution is -0.136. The summed E-state index contributed by atoms with van der Waals surface area (Å²) < 4.78 is 26.0. The van der Waals surface area contributed by atoms with Crippen molar-refractivity contribution >= 4 is 11.8 Å². The molecule has 2 amide bonds. The second-order valence-corrected chi connectivity index (χ2v) is 12.6. The normalized spacial score (nSPS) is 26.1. The van der Waals surface area contributed by atoms with E-state index in [1.165, 1.54) is 30.2 Å². The second kappa shape index (κ2) is 17.4.